The first-order valence-corrected chi connectivity index (χ1v) is 10.6. The molecule has 4 rings (SSSR count). The third-order valence-corrected chi connectivity index (χ3v) is 6.92. The van der Waals surface area contributed by atoms with Crippen LogP contribution >= 0.6 is 0 Å². The van der Waals surface area contributed by atoms with Gasteiger partial charge >= 0.3 is 0 Å². The van der Waals surface area contributed by atoms with Crippen LogP contribution in [-0.4, -0.2) is 48.8 Å². The van der Waals surface area contributed by atoms with E-state index in [9.17, 15) is 4.79 Å². The van der Waals surface area contributed by atoms with Crippen molar-refractivity contribution in [2.45, 2.75) is 71.1 Å². The summed E-state index contributed by atoms with van der Waals surface area (Å²) >= 11 is 0. The van der Waals surface area contributed by atoms with E-state index >= 15 is 0 Å². The lowest BCUT2D eigenvalue weighted by Crippen LogP contribution is -2.48. The number of aliphatic hydroxyl groups is 1. The number of aliphatic hydroxyl groups excluding tert-OH is 1. The Morgan fingerprint density at radius 2 is 1.72 bits per heavy atom. The van der Waals surface area contributed by atoms with Gasteiger partial charge in [0.1, 0.15) is 6.61 Å². The van der Waals surface area contributed by atoms with E-state index in [2.05, 4.69) is 6.92 Å². The summed E-state index contributed by atoms with van der Waals surface area (Å²) < 4.78 is 5.29. The van der Waals surface area contributed by atoms with Crippen molar-refractivity contribution in [1.82, 2.24) is 4.90 Å². The van der Waals surface area contributed by atoms with E-state index in [0.717, 1.165) is 37.3 Å². The largest absolute Gasteiger partial charge is 0.394 e. The zero-order chi connectivity index (χ0) is 17.7. The zero-order valence-corrected chi connectivity index (χ0v) is 16.0. The molecule has 0 radical (unpaired) electrons. The Morgan fingerprint density at radius 3 is 2.28 bits per heavy atom. The minimum absolute atomic E-state index is 0.0175. The van der Waals surface area contributed by atoms with Gasteiger partial charge in [0.15, 0.2) is 0 Å². The SMILES string of the molecule is CCCCCN(CCC12CC3CC(CC(C3)C1)C2)C(=O)COCCO. The molecular formula is C21H37NO3. The Balaban J connectivity index is 1.53. The van der Waals surface area contributed by atoms with Crippen LogP contribution in [0.5, 0.6) is 0 Å². The minimum atomic E-state index is -0.0175. The van der Waals surface area contributed by atoms with Crippen molar-refractivity contribution < 1.29 is 14.6 Å². The molecule has 0 aliphatic heterocycles. The normalized spacial score (nSPS) is 33.0. The van der Waals surface area contributed by atoms with E-state index in [0.29, 0.717) is 5.41 Å². The summed E-state index contributed by atoms with van der Waals surface area (Å²) in [5.41, 5.74) is 0.532. The highest BCUT2D eigenvalue weighted by molar-refractivity contribution is 5.77. The quantitative estimate of drug-likeness (QED) is 0.578. The van der Waals surface area contributed by atoms with E-state index in [1.165, 1.54) is 57.8 Å². The molecule has 1 N–H and O–H groups in total. The van der Waals surface area contributed by atoms with Crippen LogP contribution in [-0.2, 0) is 9.53 Å². The Kier molecular flexibility index (Phi) is 6.79. The fourth-order valence-electron chi connectivity index (χ4n) is 6.20. The fourth-order valence-corrected chi connectivity index (χ4v) is 6.20. The van der Waals surface area contributed by atoms with Crippen molar-refractivity contribution in [2.75, 3.05) is 32.9 Å². The van der Waals surface area contributed by atoms with Crippen molar-refractivity contribution in [2.24, 2.45) is 23.2 Å². The Morgan fingerprint density at radius 1 is 1.08 bits per heavy atom. The lowest BCUT2D eigenvalue weighted by atomic mass is 9.49. The average Bonchev–Trinajstić information content (AvgIpc) is 2.57. The third-order valence-electron chi connectivity index (χ3n) is 6.92. The first-order valence-electron chi connectivity index (χ1n) is 10.6. The topological polar surface area (TPSA) is 49.8 Å². The predicted octanol–water partition coefficient (Wildman–Crippen LogP) is 3.62. The van der Waals surface area contributed by atoms with Crippen molar-refractivity contribution in [3.05, 3.63) is 0 Å². The zero-order valence-electron chi connectivity index (χ0n) is 16.0. The Bertz CT molecular complexity index is 402. The molecule has 4 aliphatic rings. The van der Waals surface area contributed by atoms with Crippen LogP contribution in [0.15, 0.2) is 0 Å². The highest BCUT2D eigenvalue weighted by atomic mass is 16.5. The molecule has 0 aromatic rings. The number of carbonyl (C=O) groups is 1. The number of nitrogens with zero attached hydrogens (tertiary/aromatic N) is 1. The number of rotatable bonds is 11. The molecule has 25 heavy (non-hydrogen) atoms. The lowest BCUT2D eigenvalue weighted by Gasteiger charge is -2.57. The number of ether oxygens (including phenoxy) is 1. The van der Waals surface area contributed by atoms with Gasteiger partial charge in [-0.15, -0.1) is 0 Å². The van der Waals surface area contributed by atoms with Crippen LogP contribution in [0.3, 0.4) is 0 Å². The molecule has 4 aliphatic carbocycles. The summed E-state index contributed by atoms with van der Waals surface area (Å²) in [5, 5.41) is 8.84. The summed E-state index contributed by atoms with van der Waals surface area (Å²) in [6.07, 6.45) is 13.3. The summed E-state index contributed by atoms with van der Waals surface area (Å²) in [7, 11) is 0. The van der Waals surface area contributed by atoms with Crippen molar-refractivity contribution in [3.63, 3.8) is 0 Å². The predicted molar refractivity (Wildman–Crippen MR) is 99.2 cm³/mol. The van der Waals surface area contributed by atoms with E-state index < -0.39 is 0 Å². The van der Waals surface area contributed by atoms with Gasteiger partial charge in [0.05, 0.1) is 13.2 Å². The van der Waals surface area contributed by atoms with Gasteiger partial charge in [0.2, 0.25) is 5.91 Å². The standard InChI is InChI=1S/C21H37NO3/c1-2-3-4-6-22(20(24)16-25-9-8-23)7-5-21-13-17-10-18(14-21)12-19(11-17)15-21/h17-19,23H,2-16H2,1H3. The summed E-state index contributed by atoms with van der Waals surface area (Å²) in [4.78, 5) is 14.6. The number of hydrogen-bond donors (Lipinski definition) is 1. The van der Waals surface area contributed by atoms with Gasteiger partial charge in [-0.05, 0) is 74.5 Å². The molecule has 0 heterocycles. The summed E-state index contributed by atoms with van der Waals surface area (Å²) in [6.45, 7) is 4.32. The maximum Gasteiger partial charge on any atom is 0.248 e. The summed E-state index contributed by atoms with van der Waals surface area (Å²) in [5.74, 6) is 3.03. The maximum atomic E-state index is 12.5. The van der Waals surface area contributed by atoms with E-state index in [1.807, 2.05) is 4.90 Å². The van der Waals surface area contributed by atoms with Gasteiger partial charge in [-0.1, -0.05) is 19.8 Å². The molecule has 0 saturated heterocycles. The number of carbonyl (C=O) groups excluding carboxylic acids is 1. The minimum Gasteiger partial charge on any atom is -0.394 e. The van der Waals surface area contributed by atoms with Crippen LogP contribution in [0.2, 0.25) is 0 Å². The number of hydrogen-bond acceptors (Lipinski definition) is 3. The molecular weight excluding hydrogens is 314 g/mol. The van der Waals surface area contributed by atoms with Crippen LogP contribution in [0.1, 0.15) is 71.1 Å². The van der Waals surface area contributed by atoms with Gasteiger partial charge in [-0.3, -0.25) is 4.79 Å². The highest BCUT2D eigenvalue weighted by Gasteiger charge is 2.50. The fraction of sp³-hybridized carbons (Fsp3) is 0.952. The number of unbranched alkanes of at least 4 members (excludes halogenated alkanes) is 2. The smallest absolute Gasteiger partial charge is 0.248 e. The first kappa shape index (κ1) is 19.2. The second-order valence-electron chi connectivity index (χ2n) is 9.03. The van der Waals surface area contributed by atoms with Gasteiger partial charge in [0.25, 0.3) is 0 Å². The molecule has 0 aromatic heterocycles. The monoisotopic (exact) mass is 351 g/mol. The van der Waals surface area contributed by atoms with Gasteiger partial charge < -0.3 is 14.7 Å². The molecule has 4 heteroatoms. The van der Waals surface area contributed by atoms with Gasteiger partial charge in [-0.25, -0.2) is 0 Å². The first-order chi connectivity index (χ1) is 12.1. The lowest BCUT2D eigenvalue weighted by molar-refractivity contribution is -0.137. The van der Waals surface area contributed by atoms with Crippen molar-refractivity contribution in [3.8, 4) is 0 Å². The molecule has 4 bridgehead atoms. The van der Waals surface area contributed by atoms with Crippen LogP contribution < -0.4 is 0 Å². The van der Waals surface area contributed by atoms with E-state index in [1.54, 1.807) is 0 Å². The van der Waals surface area contributed by atoms with Crippen LogP contribution in [0.4, 0.5) is 0 Å². The number of amides is 1. The molecule has 0 aromatic carbocycles. The van der Waals surface area contributed by atoms with Crippen molar-refractivity contribution in [1.29, 1.82) is 0 Å². The average molecular weight is 352 g/mol. The second-order valence-corrected chi connectivity index (χ2v) is 9.03. The highest BCUT2D eigenvalue weighted by Crippen LogP contribution is 2.61. The van der Waals surface area contributed by atoms with Crippen LogP contribution in [0, 0.1) is 23.2 Å². The van der Waals surface area contributed by atoms with Crippen LogP contribution in [0.25, 0.3) is 0 Å². The second kappa shape index (κ2) is 8.85. The molecule has 0 atom stereocenters. The molecule has 0 unspecified atom stereocenters. The van der Waals surface area contributed by atoms with E-state index in [-0.39, 0.29) is 25.7 Å². The molecule has 144 valence electrons. The van der Waals surface area contributed by atoms with Crippen molar-refractivity contribution >= 4 is 5.91 Å². The Hall–Kier alpha value is -0.610. The molecule has 1 amide bonds. The van der Waals surface area contributed by atoms with E-state index in [4.69, 9.17) is 9.84 Å². The Labute approximate surface area is 153 Å². The molecule has 4 saturated carbocycles. The van der Waals surface area contributed by atoms with Gasteiger partial charge in [0, 0.05) is 13.1 Å². The van der Waals surface area contributed by atoms with Gasteiger partial charge in [-0.2, -0.15) is 0 Å². The maximum absolute atomic E-state index is 12.5. The summed E-state index contributed by atoms with van der Waals surface area (Å²) in [6, 6.07) is 0. The third kappa shape index (κ3) is 4.97. The molecule has 0 spiro atoms. The molecule has 4 fully saturated rings. The molecule has 4 nitrogen and oxygen atoms in total.